The number of hydrogen-bond acceptors (Lipinski definition) is 3. The van der Waals surface area contributed by atoms with Gasteiger partial charge in [-0.2, -0.15) is 10.4 Å². The maximum Gasteiger partial charge on any atom is 0.172 e. The van der Waals surface area contributed by atoms with Crippen LogP contribution in [0.25, 0.3) is 16.8 Å². The van der Waals surface area contributed by atoms with Crippen molar-refractivity contribution in [2.75, 3.05) is 5.73 Å². The van der Waals surface area contributed by atoms with Crippen molar-refractivity contribution in [3.63, 3.8) is 0 Å². The van der Waals surface area contributed by atoms with E-state index in [0.717, 1.165) is 11.3 Å². The Hall–Kier alpha value is -2.77. The van der Waals surface area contributed by atoms with Crippen molar-refractivity contribution in [3.8, 4) is 22.9 Å². The lowest BCUT2D eigenvalue weighted by atomic mass is 10.1. The molecular formula is C16H11ClN4. The van der Waals surface area contributed by atoms with Crippen molar-refractivity contribution in [3.05, 3.63) is 65.3 Å². The molecule has 0 radical (unpaired) electrons. The monoisotopic (exact) mass is 294 g/mol. The topological polar surface area (TPSA) is 67.6 Å². The molecule has 0 saturated heterocycles. The third-order valence-electron chi connectivity index (χ3n) is 3.16. The molecule has 3 aromatic rings. The van der Waals surface area contributed by atoms with Crippen LogP contribution in [-0.2, 0) is 0 Å². The van der Waals surface area contributed by atoms with Crippen molar-refractivity contribution < 1.29 is 0 Å². The number of nitrogens with zero attached hydrogens (tertiary/aromatic N) is 3. The summed E-state index contributed by atoms with van der Waals surface area (Å²) in [5.74, 6) is 0.431. The zero-order chi connectivity index (χ0) is 14.8. The highest BCUT2D eigenvalue weighted by molar-refractivity contribution is 6.30. The Labute approximate surface area is 127 Å². The van der Waals surface area contributed by atoms with Gasteiger partial charge in [0.25, 0.3) is 0 Å². The number of aromatic nitrogens is 2. The van der Waals surface area contributed by atoms with Crippen molar-refractivity contribution in [2.45, 2.75) is 0 Å². The molecule has 0 aliphatic heterocycles. The van der Waals surface area contributed by atoms with E-state index in [9.17, 15) is 5.26 Å². The lowest BCUT2D eigenvalue weighted by molar-refractivity contribution is 0.883. The quantitative estimate of drug-likeness (QED) is 0.784. The van der Waals surface area contributed by atoms with Crippen LogP contribution >= 0.6 is 11.6 Å². The number of nitrogen functional groups attached to an aromatic ring is 1. The highest BCUT2D eigenvalue weighted by Crippen LogP contribution is 2.31. The van der Waals surface area contributed by atoms with Gasteiger partial charge in [0.05, 0.1) is 11.3 Å². The van der Waals surface area contributed by atoms with Gasteiger partial charge >= 0.3 is 0 Å². The van der Waals surface area contributed by atoms with Crippen molar-refractivity contribution in [1.82, 2.24) is 9.78 Å². The Morgan fingerprint density at radius 3 is 2.33 bits per heavy atom. The van der Waals surface area contributed by atoms with Crippen LogP contribution in [0.1, 0.15) is 5.69 Å². The van der Waals surface area contributed by atoms with Crippen LogP contribution in [0.3, 0.4) is 0 Å². The molecular weight excluding hydrogens is 284 g/mol. The predicted molar refractivity (Wildman–Crippen MR) is 83.1 cm³/mol. The predicted octanol–water partition coefficient (Wildman–Crippen LogP) is 3.65. The summed E-state index contributed by atoms with van der Waals surface area (Å²) in [7, 11) is 0. The van der Waals surface area contributed by atoms with Gasteiger partial charge in [0, 0.05) is 5.02 Å². The maximum absolute atomic E-state index is 9.31. The normalized spacial score (nSPS) is 10.3. The van der Waals surface area contributed by atoms with E-state index >= 15 is 0 Å². The third kappa shape index (κ3) is 2.35. The Morgan fingerprint density at radius 1 is 1.05 bits per heavy atom. The highest BCUT2D eigenvalue weighted by Gasteiger charge is 2.17. The first-order chi connectivity index (χ1) is 10.2. The molecule has 1 heterocycles. The standard InChI is InChI=1S/C16H11ClN4/c17-12-8-6-11(7-9-12)15-14(10-18)20-21(16(15)19)13-4-2-1-3-5-13/h1-9H,19H2. The fourth-order valence-corrected chi connectivity index (χ4v) is 2.30. The second kappa shape index (κ2) is 5.31. The van der Waals surface area contributed by atoms with Gasteiger partial charge in [-0.05, 0) is 29.8 Å². The van der Waals surface area contributed by atoms with Crippen LogP contribution in [0.5, 0.6) is 0 Å². The lowest BCUT2D eigenvalue weighted by Gasteiger charge is -2.05. The van der Waals surface area contributed by atoms with E-state index in [4.69, 9.17) is 17.3 Å². The van der Waals surface area contributed by atoms with E-state index in [1.165, 1.54) is 0 Å². The zero-order valence-electron chi connectivity index (χ0n) is 11.0. The number of hydrogen-bond donors (Lipinski definition) is 1. The first kappa shape index (κ1) is 13.2. The average molecular weight is 295 g/mol. The molecule has 0 spiro atoms. The smallest absolute Gasteiger partial charge is 0.172 e. The van der Waals surface area contributed by atoms with Gasteiger partial charge in [0.1, 0.15) is 11.9 Å². The largest absolute Gasteiger partial charge is 0.383 e. The van der Waals surface area contributed by atoms with E-state index < -0.39 is 0 Å². The average Bonchev–Trinajstić information content (AvgIpc) is 2.86. The number of nitrogens with two attached hydrogens (primary N) is 1. The molecule has 0 saturated carbocycles. The van der Waals surface area contributed by atoms with Gasteiger partial charge in [-0.3, -0.25) is 0 Å². The number of nitriles is 1. The van der Waals surface area contributed by atoms with Crippen molar-refractivity contribution in [1.29, 1.82) is 5.26 Å². The van der Waals surface area contributed by atoms with Gasteiger partial charge in [0.15, 0.2) is 5.69 Å². The molecule has 102 valence electrons. The summed E-state index contributed by atoms with van der Waals surface area (Å²) in [5, 5.41) is 14.2. The van der Waals surface area contributed by atoms with Crippen LogP contribution in [0.2, 0.25) is 5.02 Å². The van der Waals surface area contributed by atoms with Crippen LogP contribution in [-0.4, -0.2) is 9.78 Å². The Bertz CT molecular complexity index is 814. The van der Waals surface area contributed by atoms with Gasteiger partial charge in [-0.15, -0.1) is 0 Å². The molecule has 0 aliphatic rings. The second-order valence-electron chi connectivity index (χ2n) is 4.47. The van der Waals surface area contributed by atoms with Gasteiger partial charge in [0.2, 0.25) is 0 Å². The number of halogens is 1. The van der Waals surface area contributed by atoms with Crippen LogP contribution in [0, 0.1) is 11.3 Å². The Kier molecular flexibility index (Phi) is 3.35. The molecule has 21 heavy (non-hydrogen) atoms. The number of rotatable bonds is 2. The first-order valence-corrected chi connectivity index (χ1v) is 6.68. The van der Waals surface area contributed by atoms with Crippen LogP contribution in [0.4, 0.5) is 5.82 Å². The summed E-state index contributed by atoms with van der Waals surface area (Å²) < 4.78 is 1.57. The summed E-state index contributed by atoms with van der Waals surface area (Å²) in [6, 6.07) is 18.7. The molecule has 0 aliphatic carbocycles. The molecule has 0 atom stereocenters. The maximum atomic E-state index is 9.31. The molecule has 2 N–H and O–H groups in total. The molecule has 0 fully saturated rings. The van der Waals surface area contributed by atoms with Crippen molar-refractivity contribution in [2.24, 2.45) is 0 Å². The lowest BCUT2D eigenvalue weighted by Crippen LogP contribution is -2.01. The minimum atomic E-state index is 0.290. The van der Waals surface area contributed by atoms with E-state index in [2.05, 4.69) is 11.2 Å². The summed E-state index contributed by atoms with van der Waals surface area (Å²) in [4.78, 5) is 0. The fraction of sp³-hybridized carbons (Fsp3) is 0. The Morgan fingerprint density at radius 2 is 1.71 bits per heavy atom. The van der Waals surface area contributed by atoms with Crippen LogP contribution in [0.15, 0.2) is 54.6 Å². The summed E-state index contributed by atoms with van der Waals surface area (Å²) >= 11 is 5.90. The van der Waals surface area contributed by atoms with Gasteiger partial charge in [-0.1, -0.05) is 41.9 Å². The third-order valence-corrected chi connectivity index (χ3v) is 3.41. The second-order valence-corrected chi connectivity index (χ2v) is 4.91. The molecule has 5 heteroatoms. The molecule has 0 unspecified atom stereocenters. The zero-order valence-corrected chi connectivity index (χ0v) is 11.7. The summed E-state index contributed by atoms with van der Waals surface area (Å²) in [6.07, 6.45) is 0. The van der Waals surface area contributed by atoms with Crippen LogP contribution < -0.4 is 5.73 Å². The van der Waals surface area contributed by atoms with E-state index in [1.54, 1.807) is 16.8 Å². The molecule has 0 bridgehead atoms. The van der Waals surface area contributed by atoms with Crippen molar-refractivity contribution >= 4 is 17.4 Å². The highest BCUT2D eigenvalue weighted by atomic mass is 35.5. The number of para-hydroxylation sites is 1. The van der Waals surface area contributed by atoms with E-state index in [1.807, 2.05) is 42.5 Å². The minimum absolute atomic E-state index is 0.290. The summed E-state index contributed by atoms with van der Waals surface area (Å²) in [6.45, 7) is 0. The molecule has 4 nitrogen and oxygen atoms in total. The molecule has 0 amide bonds. The first-order valence-electron chi connectivity index (χ1n) is 6.30. The van der Waals surface area contributed by atoms with Gasteiger partial charge < -0.3 is 5.73 Å². The minimum Gasteiger partial charge on any atom is -0.383 e. The number of benzene rings is 2. The summed E-state index contributed by atoms with van der Waals surface area (Å²) in [5.41, 5.74) is 8.74. The molecule has 2 aromatic carbocycles. The molecule has 3 rings (SSSR count). The molecule has 1 aromatic heterocycles. The SMILES string of the molecule is N#Cc1nn(-c2ccccc2)c(N)c1-c1ccc(Cl)cc1. The Balaban J connectivity index is 2.20. The van der Waals surface area contributed by atoms with Gasteiger partial charge in [-0.25, -0.2) is 4.68 Å². The van der Waals surface area contributed by atoms with E-state index in [0.29, 0.717) is 22.1 Å². The number of anilines is 1. The van der Waals surface area contributed by atoms with E-state index in [-0.39, 0.29) is 0 Å². The fourth-order valence-electron chi connectivity index (χ4n) is 2.18.